The first-order chi connectivity index (χ1) is 17.8. The van der Waals surface area contributed by atoms with Gasteiger partial charge in [0.05, 0.1) is 5.56 Å². The van der Waals surface area contributed by atoms with Crippen LogP contribution < -0.4 is 5.56 Å². The number of nitrogens with one attached hydrogen (secondary N) is 1. The maximum Gasteiger partial charge on any atom is 0.417 e. The van der Waals surface area contributed by atoms with Gasteiger partial charge in [-0.25, -0.2) is 0 Å². The SMILES string of the molecule is CCc1c(C)c2c3c(C(F)(F)F)cc(=O)[nH]c3ccc2n1CCCCCCCCCOC1CCCCO1. The number of H-pyrrole nitrogens is 1. The van der Waals surface area contributed by atoms with E-state index in [1.54, 1.807) is 6.07 Å². The Hall–Kier alpha value is -2.32. The molecule has 1 aliphatic heterocycles. The van der Waals surface area contributed by atoms with Crippen LogP contribution in [0.2, 0.25) is 0 Å². The molecule has 0 amide bonds. The van der Waals surface area contributed by atoms with E-state index in [2.05, 4.69) is 9.55 Å². The normalized spacial score (nSPS) is 16.7. The number of aromatic amines is 1. The van der Waals surface area contributed by atoms with E-state index in [1.165, 1.54) is 19.3 Å². The summed E-state index contributed by atoms with van der Waals surface area (Å²) >= 11 is 0. The van der Waals surface area contributed by atoms with Gasteiger partial charge < -0.3 is 19.0 Å². The summed E-state index contributed by atoms with van der Waals surface area (Å²) < 4.78 is 55.2. The summed E-state index contributed by atoms with van der Waals surface area (Å²) in [4.78, 5) is 14.5. The maximum atomic E-state index is 13.9. The molecule has 1 saturated heterocycles. The highest BCUT2D eigenvalue weighted by atomic mass is 19.4. The Morgan fingerprint density at radius 3 is 2.46 bits per heavy atom. The second-order valence-electron chi connectivity index (χ2n) is 10.1. The topological polar surface area (TPSA) is 56.2 Å². The van der Waals surface area contributed by atoms with Gasteiger partial charge in [0.1, 0.15) is 0 Å². The number of aryl methyl sites for hydroxylation is 2. The number of unbranched alkanes of at least 4 members (excludes halogenated alkanes) is 6. The van der Waals surface area contributed by atoms with Gasteiger partial charge in [0, 0.05) is 53.3 Å². The minimum Gasteiger partial charge on any atom is -0.353 e. The fourth-order valence-corrected chi connectivity index (χ4v) is 5.69. The lowest BCUT2D eigenvalue weighted by Crippen LogP contribution is -2.22. The molecule has 37 heavy (non-hydrogen) atoms. The summed E-state index contributed by atoms with van der Waals surface area (Å²) in [7, 11) is 0. The third-order valence-corrected chi connectivity index (χ3v) is 7.52. The van der Waals surface area contributed by atoms with E-state index in [1.807, 2.05) is 19.9 Å². The van der Waals surface area contributed by atoms with Gasteiger partial charge in [-0.2, -0.15) is 13.2 Å². The van der Waals surface area contributed by atoms with E-state index in [0.29, 0.717) is 11.5 Å². The summed E-state index contributed by atoms with van der Waals surface area (Å²) in [5.41, 5.74) is 1.35. The van der Waals surface area contributed by atoms with Crippen LogP contribution in [-0.4, -0.2) is 29.1 Å². The van der Waals surface area contributed by atoms with Crippen molar-refractivity contribution in [1.29, 1.82) is 0 Å². The van der Waals surface area contributed by atoms with Crippen LogP contribution in [-0.2, 0) is 28.6 Å². The quantitative estimate of drug-likeness (QED) is 0.250. The van der Waals surface area contributed by atoms with Crippen LogP contribution >= 0.6 is 0 Å². The number of aromatic nitrogens is 2. The van der Waals surface area contributed by atoms with Crippen LogP contribution in [0.5, 0.6) is 0 Å². The first kappa shape index (κ1) is 27.7. The monoisotopic (exact) mass is 520 g/mol. The van der Waals surface area contributed by atoms with Crippen molar-refractivity contribution in [2.24, 2.45) is 0 Å². The molecule has 4 rings (SSSR count). The summed E-state index contributed by atoms with van der Waals surface area (Å²) in [6.07, 6.45) is 7.27. The second kappa shape index (κ2) is 12.5. The van der Waals surface area contributed by atoms with E-state index in [0.717, 1.165) is 87.9 Å². The molecule has 204 valence electrons. The Morgan fingerprint density at radius 2 is 1.78 bits per heavy atom. The van der Waals surface area contributed by atoms with Gasteiger partial charge in [-0.15, -0.1) is 0 Å². The number of halogens is 3. The zero-order valence-electron chi connectivity index (χ0n) is 22.0. The van der Waals surface area contributed by atoms with Crippen LogP contribution in [0.3, 0.4) is 0 Å². The Labute approximate surface area is 216 Å². The summed E-state index contributed by atoms with van der Waals surface area (Å²) in [5, 5.41) is 0.688. The molecule has 8 heteroatoms. The number of hydrogen-bond donors (Lipinski definition) is 1. The Morgan fingerprint density at radius 1 is 1.05 bits per heavy atom. The molecule has 0 spiro atoms. The number of alkyl halides is 3. The minimum atomic E-state index is -4.60. The largest absolute Gasteiger partial charge is 0.417 e. The van der Waals surface area contributed by atoms with Crippen molar-refractivity contribution in [2.45, 2.75) is 103 Å². The number of hydrogen-bond acceptors (Lipinski definition) is 3. The van der Waals surface area contributed by atoms with E-state index in [4.69, 9.17) is 9.47 Å². The molecule has 0 bridgehead atoms. The summed E-state index contributed by atoms with van der Waals surface area (Å²) in [5.74, 6) is 0. The Balaban J connectivity index is 1.34. The fourth-order valence-electron chi connectivity index (χ4n) is 5.69. The molecule has 1 unspecified atom stereocenters. The highest BCUT2D eigenvalue weighted by Crippen LogP contribution is 2.39. The average Bonchev–Trinajstić information content (AvgIpc) is 3.15. The Bertz CT molecular complexity index is 1240. The van der Waals surface area contributed by atoms with E-state index in [-0.39, 0.29) is 17.2 Å². The lowest BCUT2D eigenvalue weighted by Gasteiger charge is -2.22. The highest BCUT2D eigenvalue weighted by Gasteiger charge is 2.34. The molecule has 1 N–H and O–H groups in total. The number of rotatable bonds is 12. The maximum absolute atomic E-state index is 13.9. The molecule has 2 aromatic heterocycles. The van der Waals surface area contributed by atoms with Crippen molar-refractivity contribution in [3.63, 3.8) is 0 Å². The predicted molar refractivity (Wildman–Crippen MR) is 141 cm³/mol. The molecule has 1 atom stereocenters. The zero-order chi connectivity index (χ0) is 26.4. The standard InChI is InChI=1S/C29H39F3N2O3/c1-3-23-20(2)27-24(15-14-22-28(27)21(29(30,31)32)19-25(35)33-22)34(23)16-10-7-5-4-6-8-11-17-36-26-13-9-12-18-37-26/h14-15,19,26H,3-13,16-18H2,1-2H3,(H,33,35). The molecular weight excluding hydrogens is 481 g/mol. The lowest BCUT2D eigenvalue weighted by atomic mass is 10.0. The van der Waals surface area contributed by atoms with E-state index < -0.39 is 17.3 Å². The zero-order valence-corrected chi connectivity index (χ0v) is 22.0. The lowest BCUT2D eigenvalue weighted by molar-refractivity contribution is -0.162. The third-order valence-electron chi connectivity index (χ3n) is 7.52. The number of nitrogens with zero attached hydrogens (tertiary/aromatic N) is 1. The van der Waals surface area contributed by atoms with Gasteiger partial charge >= 0.3 is 6.18 Å². The van der Waals surface area contributed by atoms with Crippen molar-refractivity contribution in [3.05, 3.63) is 45.4 Å². The molecule has 0 saturated carbocycles. The van der Waals surface area contributed by atoms with Crippen LogP contribution in [0.4, 0.5) is 13.2 Å². The number of ether oxygens (including phenoxy) is 2. The van der Waals surface area contributed by atoms with Gasteiger partial charge in [0.2, 0.25) is 5.56 Å². The summed E-state index contributed by atoms with van der Waals surface area (Å²) in [6, 6.07) is 4.13. The van der Waals surface area contributed by atoms with Crippen LogP contribution in [0.25, 0.3) is 21.8 Å². The van der Waals surface area contributed by atoms with Gasteiger partial charge in [-0.3, -0.25) is 4.79 Å². The molecule has 1 aliphatic rings. The number of benzene rings is 1. The minimum absolute atomic E-state index is 0.00417. The number of pyridine rings is 1. The Kier molecular flexibility index (Phi) is 9.35. The first-order valence-electron chi connectivity index (χ1n) is 13.8. The van der Waals surface area contributed by atoms with Crippen LogP contribution in [0, 0.1) is 6.92 Å². The third kappa shape index (κ3) is 6.58. The highest BCUT2D eigenvalue weighted by molar-refractivity contribution is 6.09. The predicted octanol–water partition coefficient (Wildman–Crippen LogP) is 7.65. The van der Waals surface area contributed by atoms with Crippen molar-refractivity contribution in [1.82, 2.24) is 9.55 Å². The van der Waals surface area contributed by atoms with Crippen LogP contribution in [0.1, 0.15) is 88.0 Å². The van der Waals surface area contributed by atoms with Gasteiger partial charge in [0.15, 0.2) is 6.29 Å². The molecule has 1 aromatic carbocycles. The van der Waals surface area contributed by atoms with E-state index >= 15 is 0 Å². The summed E-state index contributed by atoms with van der Waals surface area (Å²) in [6.45, 7) is 6.29. The fraction of sp³-hybridized carbons (Fsp3) is 0.621. The molecule has 1 fully saturated rings. The second-order valence-corrected chi connectivity index (χ2v) is 10.1. The van der Waals surface area contributed by atoms with Gasteiger partial charge in [-0.1, -0.05) is 39.0 Å². The van der Waals surface area contributed by atoms with Gasteiger partial charge in [0.25, 0.3) is 0 Å². The molecule has 5 nitrogen and oxygen atoms in total. The van der Waals surface area contributed by atoms with Gasteiger partial charge in [-0.05, 0) is 63.1 Å². The van der Waals surface area contributed by atoms with Crippen molar-refractivity contribution in [2.75, 3.05) is 13.2 Å². The molecule has 0 radical (unpaired) electrons. The smallest absolute Gasteiger partial charge is 0.353 e. The van der Waals surface area contributed by atoms with Crippen LogP contribution in [0.15, 0.2) is 23.0 Å². The first-order valence-corrected chi connectivity index (χ1v) is 13.8. The average molecular weight is 521 g/mol. The molecule has 3 heterocycles. The van der Waals surface area contributed by atoms with Crippen molar-refractivity contribution in [3.8, 4) is 0 Å². The molecule has 0 aliphatic carbocycles. The van der Waals surface area contributed by atoms with E-state index in [9.17, 15) is 18.0 Å². The van der Waals surface area contributed by atoms with Crippen molar-refractivity contribution >= 4 is 21.8 Å². The molecular formula is C29H39F3N2O3. The molecule has 3 aromatic rings. The number of fused-ring (bicyclic) bond motifs is 3. The van der Waals surface area contributed by atoms with Crippen molar-refractivity contribution < 1.29 is 22.6 Å².